The molecule has 0 radical (unpaired) electrons. The van der Waals surface area contributed by atoms with Gasteiger partial charge in [0.25, 0.3) is 0 Å². The van der Waals surface area contributed by atoms with Gasteiger partial charge in [0.2, 0.25) is 0 Å². The average molecular weight is 198 g/mol. The summed E-state index contributed by atoms with van der Waals surface area (Å²) in [6, 6.07) is 16.3. The predicted octanol–water partition coefficient (Wildman–Crippen LogP) is 2.47. The minimum Gasteiger partial charge on any atom is -0.314 e. The van der Waals surface area contributed by atoms with Crippen LogP contribution in [0.15, 0.2) is 48.5 Å². The van der Waals surface area contributed by atoms with E-state index < -0.39 is 0 Å². The smallest absolute Gasteiger partial charge is 0.0705 e. The van der Waals surface area contributed by atoms with Gasteiger partial charge < -0.3 is 5.32 Å². The second kappa shape index (κ2) is 4.71. The third kappa shape index (κ3) is 2.42. The van der Waals surface area contributed by atoms with Gasteiger partial charge in [-0.15, -0.1) is 0 Å². The Labute approximate surface area is 90.0 Å². The van der Waals surface area contributed by atoms with E-state index in [4.69, 9.17) is 0 Å². The Morgan fingerprint density at radius 2 is 1.80 bits per heavy atom. The molecule has 1 aromatic carbocycles. The summed E-state index contributed by atoms with van der Waals surface area (Å²) in [5.41, 5.74) is 3.26. The number of rotatable bonds is 3. The maximum absolute atomic E-state index is 4.57. The third-order valence-corrected chi connectivity index (χ3v) is 2.23. The van der Waals surface area contributed by atoms with Gasteiger partial charge in [-0.3, -0.25) is 4.98 Å². The summed E-state index contributed by atoms with van der Waals surface area (Å²) in [5, 5.41) is 3.10. The molecule has 2 rings (SSSR count). The normalized spacial score (nSPS) is 10.2. The van der Waals surface area contributed by atoms with Crippen LogP contribution in [0.2, 0.25) is 0 Å². The Kier molecular flexibility index (Phi) is 3.10. The van der Waals surface area contributed by atoms with Crippen LogP contribution < -0.4 is 5.32 Å². The molecule has 0 aliphatic rings. The number of nitrogens with zero attached hydrogens (tertiary/aromatic N) is 1. The number of hydrogen-bond acceptors (Lipinski definition) is 2. The van der Waals surface area contributed by atoms with E-state index in [1.165, 1.54) is 0 Å². The van der Waals surface area contributed by atoms with E-state index in [-0.39, 0.29) is 0 Å². The molecule has 0 saturated carbocycles. The van der Waals surface area contributed by atoms with Crippen molar-refractivity contribution in [2.75, 3.05) is 7.05 Å². The van der Waals surface area contributed by atoms with Crippen LogP contribution in [0.3, 0.4) is 0 Å². The zero-order valence-electron chi connectivity index (χ0n) is 8.77. The molecule has 0 spiro atoms. The number of pyridine rings is 1. The molecule has 0 fully saturated rings. The fraction of sp³-hybridized carbons (Fsp3) is 0.154. The first-order valence-corrected chi connectivity index (χ1v) is 5.06. The number of aromatic nitrogens is 1. The van der Waals surface area contributed by atoms with Crippen molar-refractivity contribution in [2.45, 2.75) is 6.54 Å². The summed E-state index contributed by atoms with van der Waals surface area (Å²) in [4.78, 5) is 4.57. The molecule has 1 N–H and O–H groups in total. The molecular formula is C13H14N2. The Bertz CT molecular complexity index is 424. The van der Waals surface area contributed by atoms with E-state index in [1.807, 2.05) is 43.4 Å². The minimum absolute atomic E-state index is 0.806. The molecule has 1 heterocycles. The minimum atomic E-state index is 0.806. The standard InChI is InChI=1S/C13H14N2/c1-14-10-12-8-5-9-13(15-12)11-6-3-2-4-7-11/h2-9,14H,10H2,1H3. The lowest BCUT2D eigenvalue weighted by Crippen LogP contribution is -2.06. The second-order valence-electron chi connectivity index (χ2n) is 3.41. The molecule has 0 bridgehead atoms. The summed E-state index contributed by atoms with van der Waals surface area (Å²) in [7, 11) is 1.93. The maximum Gasteiger partial charge on any atom is 0.0705 e. The molecular weight excluding hydrogens is 184 g/mol. The van der Waals surface area contributed by atoms with Crippen molar-refractivity contribution in [3.05, 3.63) is 54.2 Å². The first kappa shape index (κ1) is 9.87. The van der Waals surface area contributed by atoms with E-state index in [0.29, 0.717) is 0 Å². The maximum atomic E-state index is 4.57. The molecule has 0 saturated heterocycles. The molecule has 2 heteroatoms. The van der Waals surface area contributed by atoms with Crippen molar-refractivity contribution in [3.63, 3.8) is 0 Å². The Balaban J connectivity index is 2.33. The first-order chi connectivity index (χ1) is 7.40. The highest BCUT2D eigenvalue weighted by Crippen LogP contribution is 2.16. The van der Waals surface area contributed by atoms with Gasteiger partial charge in [0.15, 0.2) is 0 Å². The van der Waals surface area contributed by atoms with Gasteiger partial charge in [-0.05, 0) is 19.2 Å². The van der Waals surface area contributed by atoms with Crippen LogP contribution >= 0.6 is 0 Å². The SMILES string of the molecule is CNCc1cccc(-c2ccccc2)n1. The molecule has 2 nitrogen and oxygen atoms in total. The Hall–Kier alpha value is -1.67. The van der Waals surface area contributed by atoms with Crippen molar-refractivity contribution >= 4 is 0 Å². The van der Waals surface area contributed by atoms with Crippen molar-refractivity contribution < 1.29 is 0 Å². The summed E-state index contributed by atoms with van der Waals surface area (Å²) in [6.07, 6.45) is 0. The zero-order valence-corrected chi connectivity index (χ0v) is 8.77. The van der Waals surface area contributed by atoms with E-state index in [2.05, 4.69) is 22.4 Å². The lowest BCUT2D eigenvalue weighted by molar-refractivity contribution is 0.792. The van der Waals surface area contributed by atoms with Gasteiger partial charge in [-0.1, -0.05) is 36.4 Å². The lowest BCUT2D eigenvalue weighted by atomic mass is 10.1. The quantitative estimate of drug-likeness (QED) is 0.819. The van der Waals surface area contributed by atoms with Gasteiger partial charge in [0, 0.05) is 12.1 Å². The number of nitrogens with one attached hydrogen (secondary N) is 1. The van der Waals surface area contributed by atoms with E-state index >= 15 is 0 Å². The molecule has 1 aromatic heterocycles. The van der Waals surface area contributed by atoms with Crippen molar-refractivity contribution in [1.82, 2.24) is 10.3 Å². The van der Waals surface area contributed by atoms with Crippen LogP contribution in [-0.2, 0) is 6.54 Å². The highest BCUT2D eigenvalue weighted by atomic mass is 14.8. The number of hydrogen-bond donors (Lipinski definition) is 1. The van der Waals surface area contributed by atoms with Crippen LogP contribution in [0.25, 0.3) is 11.3 Å². The van der Waals surface area contributed by atoms with Crippen LogP contribution in [0.1, 0.15) is 5.69 Å². The molecule has 2 aromatic rings. The fourth-order valence-electron chi connectivity index (χ4n) is 1.53. The van der Waals surface area contributed by atoms with E-state index in [0.717, 1.165) is 23.5 Å². The molecule has 0 amide bonds. The zero-order chi connectivity index (χ0) is 10.5. The van der Waals surface area contributed by atoms with Gasteiger partial charge >= 0.3 is 0 Å². The molecule has 0 unspecified atom stereocenters. The monoisotopic (exact) mass is 198 g/mol. The van der Waals surface area contributed by atoms with Gasteiger partial charge in [-0.2, -0.15) is 0 Å². The molecule has 76 valence electrons. The third-order valence-electron chi connectivity index (χ3n) is 2.23. The summed E-state index contributed by atoms with van der Waals surface area (Å²) in [6.45, 7) is 0.806. The van der Waals surface area contributed by atoms with Crippen LogP contribution in [0, 0.1) is 0 Å². The van der Waals surface area contributed by atoms with Crippen LogP contribution in [0.5, 0.6) is 0 Å². The fourth-order valence-corrected chi connectivity index (χ4v) is 1.53. The predicted molar refractivity (Wildman–Crippen MR) is 62.4 cm³/mol. The van der Waals surface area contributed by atoms with Crippen molar-refractivity contribution in [1.29, 1.82) is 0 Å². The van der Waals surface area contributed by atoms with Gasteiger partial charge in [-0.25, -0.2) is 0 Å². The highest BCUT2D eigenvalue weighted by molar-refractivity contribution is 5.58. The van der Waals surface area contributed by atoms with E-state index in [1.54, 1.807) is 0 Å². The van der Waals surface area contributed by atoms with Crippen molar-refractivity contribution in [2.24, 2.45) is 0 Å². The van der Waals surface area contributed by atoms with Gasteiger partial charge in [0.1, 0.15) is 0 Å². The van der Waals surface area contributed by atoms with Gasteiger partial charge in [0.05, 0.1) is 11.4 Å². The van der Waals surface area contributed by atoms with E-state index in [9.17, 15) is 0 Å². The highest BCUT2D eigenvalue weighted by Gasteiger charge is 1.98. The van der Waals surface area contributed by atoms with Crippen molar-refractivity contribution in [3.8, 4) is 11.3 Å². The largest absolute Gasteiger partial charge is 0.314 e. The number of benzene rings is 1. The Morgan fingerprint density at radius 3 is 2.53 bits per heavy atom. The summed E-state index contributed by atoms with van der Waals surface area (Å²) in [5.74, 6) is 0. The topological polar surface area (TPSA) is 24.9 Å². The Morgan fingerprint density at radius 1 is 1.00 bits per heavy atom. The summed E-state index contributed by atoms with van der Waals surface area (Å²) >= 11 is 0. The average Bonchev–Trinajstić information content (AvgIpc) is 2.31. The van der Waals surface area contributed by atoms with Crippen LogP contribution in [0.4, 0.5) is 0 Å². The van der Waals surface area contributed by atoms with Crippen LogP contribution in [-0.4, -0.2) is 12.0 Å². The summed E-state index contributed by atoms with van der Waals surface area (Å²) < 4.78 is 0. The first-order valence-electron chi connectivity index (χ1n) is 5.06. The lowest BCUT2D eigenvalue weighted by Gasteiger charge is -2.03. The molecule has 0 aliphatic heterocycles. The second-order valence-corrected chi connectivity index (χ2v) is 3.41. The molecule has 0 atom stereocenters. The molecule has 0 aliphatic carbocycles. The molecule has 15 heavy (non-hydrogen) atoms.